The van der Waals surface area contributed by atoms with Crippen molar-refractivity contribution in [2.75, 3.05) is 25.5 Å². The van der Waals surface area contributed by atoms with Gasteiger partial charge in [0.15, 0.2) is 0 Å². The van der Waals surface area contributed by atoms with Gasteiger partial charge in [-0.2, -0.15) is 4.31 Å². The van der Waals surface area contributed by atoms with Crippen molar-refractivity contribution in [2.24, 2.45) is 0 Å². The Hall–Kier alpha value is -1.67. The Kier molecular flexibility index (Phi) is 3.72. The first-order chi connectivity index (χ1) is 8.98. The molecular weight excluding hydrogens is 268 g/mol. The maximum atomic E-state index is 12.6. The molecule has 19 heavy (non-hydrogen) atoms. The first-order valence-electron chi connectivity index (χ1n) is 5.91. The van der Waals surface area contributed by atoms with E-state index in [0.29, 0.717) is 6.54 Å². The predicted octanol–water partition coefficient (Wildman–Crippen LogP) is -0.368. The molecule has 1 fully saturated rings. The van der Waals surface area contributed by atoms with Crippen molar-refractivity contribution >= 4 is 21.7 Å². The van der Waals surface area contributed by atoms with Crippen LogP contribution in [-0.2, 0) is 14.8 Å². The number of nitrogens with zero attached hydrogens (tertiary/aromatic N) is 2. The highest BCUT2D eigenvalue weighted by atomic mass is 32.2. The number of aromatic nitrogens is 1. The Labute approximate surface area is 112 Å². The summed E-state index contributed by atoms with van der Waals surface area (Å²) >= 11 is 0. The molecule has 8 heteroatoms. The van der Waals surface area contributed by atoms with Gasteiger partial charge in [0, 0.05) is 26.3 Å². The van der Waals surface area contributed by atoms with E-state index in [1.54, 1.807) is 20.0 Å². The molecule has 1 saturated heterocycles. The Balaban J connectivity index is 2.44. The number of piperazine rings is 1. The van der Waals surface area contributed by atoms with Gasteiger partial charge >= 0.3 is 0 Å². The lowest BCUT2D eigenvalue weighted by Crippen LogP contribution is -2.55. The Morgan fingerprint density at radius 3 is 2.95 bits per heavy atom. The first kappa shape index (κ1) is 13.8. The molecule has 1 aromatic heterocycles. The molecule has 0 bridgehead atoms. The Morgan fingerprint density at radius 1 is 1.53 bits per heavy atom. The largest absolute Gasteiger partial charge is 0.372 e. The van der Waals surface area contributed by atoms with Crippen LogP contribution in [0.25, 0.3) is 0 Å². The number of nitrogens with one attached hydrogen (secondary N) is 2. The van der Waals surface area contributed by atoms with Gasteiger partial charge in [-0.1, -0.05) is 0 Å². The number of sulfonamides is 1. The normalized spacial score (nSPS) is 20.9. The third-order valence-corrected chi connectivity index (χ3v) is 5.04. The van der Waals surface area contributed by atoms with Crippen molar-refractivity contribution in [2.45, 2.75) is 17.9 Å². The fourth-order valence-electron chi connectivity index (χ4n) is 2.00. The summed E-state index contributed by atoms with van der Waals surface area (Å²) in [5, 5.41) is 5.39. The van der Waals surface area contributed by atoms with E-state index in [4.69, 9.17) is 0 Å². The lowest BCUT2D eigenvalue weighted by atomic mass is 10.2. The van der Waals surface area contributed by atoms with Crippen molar-refractivity contribution in [3.8, 4) is 0 Å². The van der Waals surface area contributed by atoms with E-state index >= 15 is 0 Å². The summed E-state index contributed by atoms with van der Waals surface area (Å²) in [4.78, 5) is 15.7. The van der Waals surface area contributed by atoms with Crippen LogP contribution in [0.4, 0.5) is 5.82 Å². The second kappa shape index (κ2) is 5.14. The standard InChI is InChI=1S/C11H16N4O3S/c1-8-11(16)14-6-7-15(8)19(17,18)9-4-3-5-13-10(9)12-2/h3-5,8H,6-7H2,1-2H3,(H,12,13)(H,14,16). The topological polar surface area (TPSA) is 91.4 Å². The summed E-state index contributed by atoms with van der Waals surface area (Å²) in [5.41, 5.74) is 0. The second-order valence-electron chi connectivity index (χ2n) is 4.18. The van der Waals surface area contributed by atoms with Gasteiger partial charge in [0.2, 0.25) is 15.9 Å². The number of anilines is 1. The number of carbonyl (C=O) groups excluding carboxylic acids is 1. The van der Waals surface area contributed by atoms with E-state index < -0.39 is 16.1 Å². The van der Waals surface area contributed by atoms with Gasteiger partial charge in [0.25, 0.3) is 0 Å². The summed E-state index contributed by atoms with van der Waals surface area (Å²) in [5.74, 6) is -0.00888. The summed E-state index contributed by atoms with van der Waals surface area (Å²) < 4.78 is 26.4. The smallest absolute Gasteiger partial charge is 0.247 e. The number of pyridine rings is 1. The van der Waals surface area contributed by atoms with Crippen LogP contribution >= 0.6 is 0 Å². The van der Waals surface area contributed by atoms with Gasteiger partial charge in [-0.3, -0.25) is 4.79 Å². The van der Waals surface area contributed by atoms with Crippen molar-refractivity contribution in [3.63, 3.8) is 0 Å². The molecule has 104 valence electrons. The number of amides is 1. The van der Waals surface area contributed by atoms with E-state index in [2.05, 4.69) is 15.6 Å². The molecule has 1 atom stereocenters. The van der Waals surface area contributed by atoms with E-state index in [-0.39, 0.29) is 23.2 Å². The fourth-order valence-corrected chi connectivity index (χ4v) is 3.75. The number of hydrogen-bond donors (Lipinski definition) is 2. The molecule has 1 aliphatic rings. The molecule has 2 rings (SSSR count). The predicted molar refractivity (Wildman–Crippen MR) is 70.1 cm³/mol. The van der Waals surface area contributed by atoms with Crippen LogP contribution < -0.4 is 10.6 Å². The van der Waals surface area contributed by atoms with Gasteiger partial charge < -0.3 is 10.6 Å². The van der Waals surface area contributed by atoms with Crippen molar-refractivity contribution in [3.05, 3.63) is 18.3 Å². The second-order valence-corrected chi connectivity index (χ2v) is 6.04. The number of rotatable bonds is 3. The summed E-state index contributed by atoms with van der Waals surface area (Å²) in [6.07, 6.45) is 1.51. The van der Waals surface area contributed by atoms with Gasteiger partial charge in [0.1, 0.15) is 16.8 Å². The third-order valence-electron chi connectivity index (χ3n) is 3.04. The quantitative estimate of drug-likeness (QED) is 0.790. The minimum absolute atomic E-state index is 0.0825. The zero-order valence-corrected chi connectivity index (χ0v) is 11.6. The van der Waals surface area contributed by atoms with E-state index in [1.165, 1.54) is 16.6 Å². The number of hydrogen-bond acceptors (Lipinski definition) is 5. The molecule has 7 nitrogen and oxygen atoms in total. The highest BCUT2D eigenvalue weighted by Crippen LogP contribution is 2.24. The molecule has 0 spiro atoms. The van der Waals surface area contributed by atoms with Crippen LogP contribution in [0.15, 0.2) is 23.2 Å². The Bertz CT molecular complexity index is 587. The average Bonchev–Trinajstić information content (AvgIpc) is 2.41. The zero-order chi connectivity index (χ0) is 14.0. The molecule has 2 N–H and O–H groups in total. The zero-order valence-electron chi connectivity index (χ0n) is 10.8. The SMILES string of the molecule is CNc1ncccc1S(=O)(=O)N1CCNC(=O)C1C. The van der Waals surface area contributed by atoms with Gasteiger partial charge in [-0.05, 0) is 19.1 Å². The fraction of sp³-hybridized carbons (Fsp3) is 0.455. The van der Waals surface area contributed by atoms with Gasteiger partial charge in [-0.15, -0.1) is 0 Å². The van der Waals surface area contributed by atoms with Crippen LogP contribution in [0.1, 0.15) is 6.92 Å². The van der Waals surface area contributed by atoms with Gasteiger partial charge in [0.05, 0.1) is 0 Å². The van der Waals surface area contributed by atoms with E-state index in [1.807, 2.05) is 0 Å². The monoisotopic (exact) mass is 284 g/mol. The molecular formula is C11H16N4O3S. The van der Waals surface area contributed by atoms with Crippen LogP contribution in [0, 0.1) is 0 Å². The average molecular weight is 284 g/mol. The van der Waals surface area contributed by atoms with Crippen LogP contribution in [0.5, 0.6) is 0 Å². The minimum Gasteiger partial charge on any atom is -0.372 e. The number of carbonyl (C=O) groups is 1. The summed E-state index contributed by atoms with van der Waals surface area (Å²) in [6.45, 7) is 2.15. The van der Waals surface area contributed by atoms with Crippen LogP contribution in [0.3, 0.4) is 0 Å². The van der Waals surface area contributed by atoms with Crippen molar-refractivity contribution in [1.29, 1.82) is 0 Å². The minimum atomic E-state index is -3.74. The highest BCUT2D eigenvalue weighted by Gasteiger charge is 2.36. The molecule has 0 aromatic carbocycles. The lowest BCUT2D eigenvalue weighted by Gasteiger charge is -2.32. The van der Waals surface area contributed by atoms with Crippen LogP contribution in [0.2, 0.25) is 0 Å². The van der Waals surface area contributed by atoms with E-state index in [9.17, 15) is 13.2 Å². The molecule has 1 aromatic rings. The maximum Gasteiger partial charge on any atom is 0.247 e. The molecule has 1 unspecified atom stereocenters. The lowest BCUT2D eigenvalue weighted by molar-refractivity contribution is -0.126. The van der Waals surface area contributed by atoms with Crippen LogP contribution in [-0.4, -0.2) is 49.8 Å². The maximum absolute atomic E-state index is 12.6. The molecule has 1 amide bonds. The molecule has 2 heterocycles. The Morgan fingerprint density at radius 2 is 2.26 bits per heavy atom. The molecule has 1 aliphatic heterocycles. The van der Waals surface area contributed by atoms with Gasteiger partial charge in [-0.25, -0.2) is 13.4 Å². The first-order valence-corrected chi connectivity index (χ1v) is 7.35. The summed E-state index contributed by atoms with van der Waals surface area (Å²) in [6, 6.07) is 2.32. The summed E-state index contributed by atoms with van der Waals surface area (Å²) in [7, 11) is -2.13. The third kappa shape index (κ3) is 2.41. The van der Waals surface area contributed by atoms with Crippen molar-refractivity contribution in [1.82, 2.24) is 14.6 Å². The van der Waals surface area contributed by atoms with Crippen molar-refractivity contribution < 1.29 is 13.2 Å². The van der Waals surface area contributed by atoms with E-state index in [0.717, 1.165) is 0 Å². The highest BCUT2D eigenvalue weighted by molar-refractivity contribution is 7.89. The molecule has 0 radical (unpaired) electrons. The molecule has 0 aliphatic carbocycles. The molecule has 0 saturated carbocycles.